The first kappa shape index (κ1) is 18.1. The maximum atomic E-state index is 10.8. The molecule has 0 spiro atoms. The Balaban J connectivity index is 1.71. The summed E-state index contributed by atoms with van der Waals surface area (Å²) in [6, 6.07) is 9.64. The van der Waals surface area contributed by atoms with Gasteiger partial charge in [0.25, 0.3) is 11.4 Å². The third-order valence-electron chi connectivity index (χ3n) is 3.54. The Hall–Kier alpha value is -3.73. The molecule has 3 aromatic rings. The number of phenols is 1. The van der Waals surface area contributed by atoms with Crippen LogP contribution in [0.3, 0.4) is 0 Å². The van der Waals surface area contributed by atoms with E-state index in [-0.39, 0.29) is 29.2 Å². The van der Waals surface area contributed by atoms with E-state index >= 15 is 0 Å². The molecule has 2 aromatic carbocycles. The number of benzene rings is 2. The number of phenolic OH excluding ortho intramolecular Hbond substituents is 1. The summed E-state index contributed by atoms with van der Waals surface area (Å²) in [6.07, 6.45) is 0. The molecule has 10 nitrogen and oxygen atoms in total. The lowest BCUT2D eigenvalue weighted by Gasteiger charge is -2.00. The number of azo groups is 1. The second kappa shape index (κ2) is 7.66. The van der Waals surface area contributed by atoms with Gasteiger partial charge in [-0.05, 0) is 18.2 Å². The Kier molecular flexibility index (Phi) is 5.13. The predicted octanol–water partition coefficient (Wildman–Crippen LogP) is 4.62. The lowest BCUT2D eigenvalue weighted by Crippen LogP contribution is -1.90. The van der Waals surface area contributed by atoms with E-state index in [1.807, 2.05) is 0 Å². The lowest BCUT2D eigenvalue weighted by molar-refractivity contribution is -0.385. The smallest absolute Gasteiger partial charge is 0.270 e. The van der Waals surface area contributed by atoms with Crippen LogP contribution >= 0.6 is 11.3 Å². The first-order valence-electron chi connectivity index (χ1n) is 7.48. The highest BCUT2D eigenvalue weighted by molar-refractivity contribution is 7.13. The highest BCUT2D eigenvalue weighted by Crippen LogP contribution is 2.29. The van der Waals surface area contributed by atoms with Gasteiger partial charge in [0.15, 0.2) is 0 Å². The highest BCUT2D eigenvalue weighted by atomic mass is 32.1. The van der Waals surface area contributed by atoms with E-state index < -0.39 is 9.85 Å². The molecule has 0 bridgehead atoms. The van der Waals surface area contributed by atoms with Gasteiger partial charge < -0.3 is 5.11 Å². The van der Waals surface area contributed by atoms with Crippen molar-refractivity contribution in [2.24, 2.45) is 10.2 Å². The topological polar surface area (TPSA) is 144 Å². The van der Waals surface area contributed by atoms with Crippen molar-refractivity contribution in [3.8, 4) is 17.0 Å². The van der Waals surface area contributed by atoms with Crippen molar-refractivity contribution in [1.82, 2.24) is 4.98 Å². The summed E-state index contributed by atoms with van der Waals surface area (Å²) in [5.74, 6) is -0.106. The second-order valence-corrected chi connectivity index (χ2v) is 6.13. The average Bonchev–Trinajstić information content (AvgIpc) is 3.12. The van der Waals surface area contributed by atoms with Crippen molar-refractivity contribution in [1.29, 1.82) is 0 Å². The molecule has 0 fully saturated rings. The van der Waals surface area contributed by atoms with Crippen LogP contribution in [-0.2, 0) is 6.54 Å². The van der Waals surface area contributed by atoms with Crippen LogP contribution in [0.15, 0.2) is 58.1 Å². The molecule has 1 N–H and O–H groups in total. The van der Waals surface area contributed by atoms with Crippen LogP contribution < -0.4 is 0 Å². The monoisotopic (exact) mass is 385 g/mol. The van der Waals surface area contributed by atoms with Crippen molar-refractivity contribution in [3.05, 3.63) is 73.6 Å². The summed E-state index contributed by atoms with van der Waals surface area (Å²) >= 11 is 1.23. The van der Waals surface area contributed by atoms with Crippen molar-refractivity contribution in [3.63, 3.8) is 0 Å². The summed E-state index contributed by atoms with van der Waals surface area (Å²) in [6.45, 7) is -0.0417. The van der Waals surface area contributed by atoms with E-state index in [0.717, 1.165) is 0 Å². The predicted molar refractivity (Wildman–Crippen MR) is 97.2 cm³/mol. The number of hydrogen-bond donors (Lipinski definition) is 1. The Morgan fingerprint density at radius 2 is 1.70 bits per heavy atom. The van der Waals surface area contributed by atoms with Crippen LogP contribution in [0.1, 0.15) is 5.56 Å². The second-order valence-electron chi connectivity index (χ2n) is 5.29. The molecule has 3 rings (SSSR count). The van der Waals surface area contributed by atoms with Gasteiger partial charge in [0.05, 0.1) is 22.1 Å². The summed E-state index contributed by atoms with van der Waals surface area (Å²) in [5, 5.41) is 41.2. The molecule has 1 heterocycles. The third kappa shape index (κ3) is 4.27. The number of non-ortho nitro benzene ring substituents is 2. The van der Waals surface area contributed by atoms with E-state index in [0.29, 0.717) is 16.4 Å². The molecular formula is C16H11N5O5S. The minimum atomic E-state index is -0.558. The summed E-state index contributed by atoms with van der Waals surface area (Å²) < 4.78 is 0. The molecule has 0 saturated carbocycles. The Bertz CT molecular complexity index is 1030. The van der Waals surface area contributed by atoms with Gasteiger partial charge in [-0.1, -0.05) is 0 Å². The van der Waals surface area contributed by atoms with Gasteiger partial charge in [0.1, 0.15) is 5.75 Å². The molecule has 0 saturated heterocycles. The molecule has 0 amide bonds. The number of aromatic nitrogens is 1. The number of nitro benzene ring substituents is 2. The Morgan fingerprint density at radius 1 is 1.04 bits per heavy atom. The van der Waals surface area contributed by atoms with Crippen LogP contribution in [0, 0.1) is 20.2 Å². The zero-order valence-corrected chi connectivity index (χ0v) is 14.4. The largest absolute Gasteiger partial charge is 0.508 e. The average molecular weight is 385 g/mol. The molecule has 27 heavy (non-hydrogen) atoms. The van der Waals surface area contributed by atoms with Crippen LogP contribution in [-0.4, -0.2) is 19.9 Å². The minimum absolute atomic E-state index is 0.00865. The molecule has 11 heteroatoms. The van der Waals surface area contributed by atoms with Crippen molar-refractivity contribution < 1.29 is 15.0 Å². The minimum Gasteiger partial charge on any atom is -0.508 e. The molecule has 0 aliphatic heterocycles. The standard InChI is InChI=1S/C16H11N5O5S/c22-15-6-5-13(21(25)26)7-11(15)8-17-19-16-18-14(9-27-16)10-1-3-12(4-2-10)20(23)24/h1-7,9,22H,8H2. The lowest BCUT2D eigenvalue weighted by atomic mass is 10.1. The first-order valence-corrected chi connectivity index (χ1v) is 8.36. The molecule has 0 aliphatic rings. The van der Waals surface area contributed by atoms with E-state index in [2.05, 4.69) is 15.2 Å². The van der Waals surface area contributed by atoms with Crippen LogP contribution in [0.4, 0.5) is 16.5 Å². The maximum absolute atomic E-state index is 10.8. The molecule has 0 radical (unpaired) electrons. The number of hydrogen-bond acceptors (Lipinski definition) is 9. The van der Waals surface area contributed by atoms with Gasteiger partial charge in [-0.25, -0.2) is 4.98 Å². The van der Waals surface area contributed by atoms with Gasteiger partial charge in [-0.2, -0.15) is 5.11 Å². The fraction of sp³-hybridized carbons (Fsp3) is 0.0625. The van der Waals surface area contributed by atoms with E-state index in [9.17, 15) is 25.3 Å². The number of nitrogens with zero attached hydrogens (tertiary/aromatic N) is 5. The van der Waals surface area contributed by atoms with Crippen LogP contribution in [0.5, 0.6) is 5.75 Å². The molecular weight excluding hydrogens is 374 g/mol. The van der Waals surface area contributed by atoms with Crippen molar-refractivity contribution >= 4 is 27.8 Å². The van der Waals surface area contributed by atoms with Gasteiger partial charge >= 0.3 is 0 Å². The summed E-state index contributed by atoms with van der Waals surface area (Å²) in [5.41, 5.74) is 1.43. The molecule has 0 atom stereocenters. The zero-order chi connectivity index (χ0) is 19.4. The SMILES string of the molecule is O=[N+]([O-])c1ccc(-c2csc(N=NCc3cc([N+](=O)[O-])ccc3O)n2)cc1. The normalized spacial score (nSPS) is 11.0. The zero-order valence-electron chi connectivity index (χ0n) is 13.6. The van der Waals surface area contributed by atoms with Crippen molar-refractivity contribution in [2.45, 2.75) is 6.54 Å². The summed E-state index contributed by atoms with van der Waals surface area (Å²) in [7, 11) is 0. The maximum Gasteiger partial charge on any atom is 0.270 e. The van der Waals surface area contributed by atoms with Crippen molar-refractivity contribution in [2.75, 3.05) is 0 Å². The molecule has 0 unspecified atom stereocenters. The van der Waals surface area contributed by atoms with Gasteiger partial charge in [0, 0.05) is 40.8 Å². The number of nitro groups is 2. The molecule has 1 aromatic heterocycles. The highest BCUT2D eigenvalue weighted by Gasteiger charge is 2.10. The molecule has 136 valence electrons. The van der Waals surface area contributed by atoms with Crippen LogP contribution in [0.25, 0.3) is 11.3 Å². The number of aromatic hydroxyl groups is 1. The van der Waals surface area contributed by atoms with Gasteiger partial charge in [-0.3, -0.25) is 20.2 Å². The fourth-order valence-electron chi connectivity index (χ4n) is 2.18. The fourth-order valence-corrected chi connectivity index (χ4v) is 2.84. The van der Waals surface area contributed by atoms with Crippen LogP contribution in [0.2, 0.25) is 0 Å². The van der Waals surface area contributed by atoms with Gasteiger partial charge in [-0.15, -0.1) is 16.5 Å². The van der Waals surface area contributed by atoms with Gasteiger partial charge in [0.2, 0.25) is 5.13 Å². The Morgan fingerprint density at radius 3 is 2.37 bits per heavy atom. The summed E-state index contributed by atoms with van der Waals surface area (Å²) in [4.78, 5) is 24.7. The Labute approximate surface area is 155 Å². The van der Waals surface area contributed by atoms with E-state index in [1.54, 1.807) is 17.5 Å². The number of rotatable bonds is 6. The number of thiazole rings is 1. The first-order chi connectivity index (χ1) is 12.9. The van der Waals surface area contributed by atoms with E-state index in [4.69, 9.17) is 0 Å². The third-order valence-corrected chi connectivity index (χ3v) is 4.26. The van der Waals surface area contributed by atoms with E-state index in [1.165, 1.54) is 41.7 Å². The quantitative estimate of drug-likeness (QED) is 0.372. The molecule has 0 aliphatic carbocycles.